The molecule has 2 aromatic rings. The molecule has 0 unspecified atom stereocenters. The van der Waals surface area contributed by atoms with Crippen LogP contribution in [0.1, 0.15) is 0 Å². The molecule has 1 heterocycles. The van der Waals surface area contributed by atoms with Crippen molar-refractivity contribution < 1.29 is 4.79 Å². The highest BCUT2D eigenvalue weighted by Crippen LogP contribution is 2.49. The zero-order valence-corrected chi connectivity index (χ0v) is 15.8. The summed E-state index contributed by atoms with van der Waals surface area (Å²) in [4.78, 5) is 18.6. The fourth-order valence-electron chi connectivity index (χ4n) is 2.58. The number of anilines is 2. The van der Waals surface area contributed by atoms with Gasteiger partial charge in [-0.05, 0) is 30.3 Å². The van der Waals surface area contributed by atoms with Crippen LogP contribution >= 0.6 is 46.6 Å². The van der Waals surface area contributed by atoms with Crippen LogP contribution in [0.3, 0.4) is 0 Å². The number of benzene rings is 2. The minimum atomic E-state index is -0.146. The fourth-order valence-corrected chi connectivity index (χ4v) is 4.20. The van der Waals surface area contributed by atoms with Gasteiger partial charge < -0.3 is 4.90 Å². The SMILES string of the molecule is O=C(N(CCCl)CCCl)N1c2ccccc2Sc2ccc(Cl)cc21. The van der Waals surface area contributed by atoms with Crippen LogP contribution in [0.25, 0.3) is 0 Å². The zero-order chi connectivity index (χ0) is 17.1. The molecule has 0 radical (unpaired) electrons. The fraction of sp³-hybridized carbons (Fsp3) is 0.235. The number of urea groups is 1. The average Bonchev–Trinajstić information content (AvgIpc) is 2.59. The normalized spacial score (nSPS) is 12.5. The van der Waals surface area contributed by atoms with Gasteiger partial charge in [0.15, 0.2) is 0 Å². The predicted octanol–water partition coefficient (Wildman–Crippen LogP) is 5.84. The first-order valence-electron chi connectivity index (χ1n) is 7.43. The largest absolute Gasteiger partial charge is 0.329 e. The Bertz CT molecular complexity index is 750. The summed E-state index contributed by atoms with van der Waals surface area (Å²) in [6.07, 6.45) is 0. The van der Waals surface area contributed by atoms with Gasteiger partial charge in [-0.2, -0.15) is 0 Å². The van der Waals surface area contributed by atoms with Crippen molar-refractivity contribution in [2.45, 2.75) is 9.79 Å². The Balaban J connectivity index is 2.08. The van der Waals surface area contributed by atoms with Crippen LogP contribution in [-0.4, -0.2) is 35.8 Å². The number of carbonyl (C=O) groups is 1. The molecule has 0 aliphatic carbocycles. The molecule has 24 heavy (non-hydrogen) atoms. The van der Waals surface area contributed by atoms with Crippen LogP contribution in [0.4, 0.5) is 16.2 Å². The number of halogens is 3. The van der Waals surface area contributed by atoms with E-state index in [0.717, 1.165) is 21.2 Å². The van der Waals surface area contributed by atoms with Crippen LogP contribution in [0.15, 0.2) is 52.3 Å². The second-order valence-electron chi connectivity index (χ2n) is 5.16. The Morgan fingerprint density at radius 2 is 1.67 bits per heavy atom. The first kappa shape index (κ1) is 17.7. The van der Waals surface area contributed by atoms with Gasteiger partial charge in [0.25, 0.3) is 0 Å². The Morgan fingerprint density at radius 3 is 2.38 bits per heavy atom. The van der Waals surface area contributed by atoms with Gasteiger partial charge in [-0.3, -0.25) is 4.90 Å². The molecule has 2 aromatic carbocycles. The molecule has 126 valence electrons. The topological polar surface area (TPSA) is 23.6 Å². The number of rotatable bonds is 4. The molecule has 0 saturated heterocycles. The molecule has 7 heteroatoms. The monoisotopic (exact) mass is 400 g/mol. The van der Waals surface area contributed by atoms with Crippen molar-refractivity contribution in [2.24, 2.45) is 0 Å². The first-order chi connectivity index (χ1) is 11.7. The second kappa shape index (κ2) is 7.87. The molecule has 0 saturated carbocycles. The van der Waals surface area contributed by atoms with Gasteiger partial charge in [0.05, 0.1) is 11.4 Å². The third-order valence-electron chi connectivity index (χ3n) is 3.66. The summed E-state index contributed by atoms with van der Waals surface area (Å²) >= 11 is 19.5. The maximum Gasteiger partial charge on any atom is 0.329 e. The summed E-state index contributed by atoms with van der Waals surface area (Å²) in [5.41, 5.74) is 1.63. The van der Waals surface area contributed by atoms with E-state index in [9.17, 15) is 4.79 Å². The van der Waals surface area contributed by atoms with Crippen molar-refractivity contribution in [1.82, 2.24) is 4.90 Å². The minimum Gasteiger partial charge on any atom is -0.322 e. The van der Waals surface area contributed by atoms with Gasteiger partial charge in [-0.15, -0.1) is 23.2 Å². The summed E-state index contributed by atoms with van der Waals surface area (Å²) < 4.78 is 0. The van der Waals surface area contributed by atoms with E-state index in [1.165, 1.54) is 0 Å². The van der Waals surface area contributed by atoms with Crippen molar-refractivity contribution in [3.63, 3.8) is 0 Å². The van der Waals surface area contributed by atoms with Crippen molar-refractivity contribution in [2.75, 3.05) is 29.7 Å². The highest BCUT2D eigenvalue weighted by atomic mass is 35.5. The van der Waals surface area contributed by atoms with Gasteiger partial charge in [0.1, 0.15) is 0 Å². The smallest absolute Gasteiger partial charge is 0.322 e. The third kappa shape index (κ3) is 3.47. The third-order valence-corrected chi connectivity index (χ3v) is 5.36. The Hall–Kier alpha value is -1.07. The molecule has 2 amide bonds. The van der Waals surface area contributed by atoms with Gasteiger partial charge in [-0.1, -0.05) is 35.5 Å². The molecule has 0 atom stereocenters. The lowest BCUT2D eigenvalue weighted by Gasteiger charge is -2.35. The average molecular weight is 402 g/mol. The molecule has 1 aliphatic heterocycles. The molecule has 3 rings (SSSR count). The van der Waals surface area contributed by atoms with Gasteiger partial charge in [0.2, 0.25) is 0 Å². The molecule has 0 aromatic heterocycles. The van der Waals surface area contributed by atoms with E-state index in [4.69, 9.17) is 34.8 Å². The molecule has 0 spiro atoms. The number of alkyl halides is 2. The van der Waals surface area contributed by atoms with Gasteiger partial charge in [0, 0.05) is 39.7 Å². The van der Waals surface area contributed by atoms with E-state index < -0.39 is 0 Å². The number of fused-ring (bicyclic) bond motifs is 2. The highest BCUT2D eigenvalue weighted by molar-refractivity contribution is 7.99. The summed E-state index contributed by atoms with van der Waals surface area (Å²) in [5.74, 6) is 0.713. The molecule has 0 fully saturated rings. The lowest BCUT2D eigenvalue weighted by atomic mass is 10.2. The van der Waals surface area contributed by atoms with Crippen LogP contribution in [0, 0.1) is 0 Å². The van der Waals surface area contributed by atoms with E-state index in [1.807, 2.05) is 42.5 Å². The molecule has 3 nitrogen and oxygen atoms in total. The standard InChI is InChI=1S/C17H15Cl3N2OS/c18-7-9-21(10-8-19)17(23)22-13-3-1-2-4-15(13)24-16-6-5-12(20)11-14(16)22/h1-6,11H,7-10H2. The lowest BCUT2D eigenvalue weighted by molar-refractivity contribution is 0.213. The number of amides is 2. The number of hydrogen-bond acceptors (Lipinski definition) is 2. The van der Waals surface area contributed by atoms with Crippen LogP contribution in [0.5, 0.6) is 0 Å². The molecular formula is C17H15Cl3N2OS. The van der Waals surface area contributed by atoms with Crippen molar-refractivity contribution in [3.8, 4) is 0 Å². The quantitative estimate of drug-likeness (QED) is 0.601. The molecule has 0 bridgehead atoms. The van der Waals surface area contributed by atoms with Crippen LogP contribution < -0.4 is 4.90 Å². The summed E-state index contributed by atoms with van der Waals surface area (Å²) in [7, 11) is 0. The van der Waals surface area contributed by atoms with E-state index in [0.29, 0.717) is 29.9 Å². The van der Waals surface area contributed by atoms with E-state index >= 15 is 0 Å². The lowest BCUT2D eigenvalue weighted by Crippen LogP contribution is -2.43. The molecule has 1 aliphatic rings. The number of para-hydroxylation sites is 1. The van der Waals surface area contributed by atoms with E-state index in [2.05, 4.69) is 0 Å². The zero-order valence-electron chi connectivity index (χ0n) is 12.7. The molecular weight excluding hydrogens is 387 g/mol. The number of hydrogen-bond donors (Lipinski definition) is 0. The van der Waals surface area contributed by atoms with Gasteiger partial charge >= 0.3 is 6.03 Å². The van der Waals surface area contributed by atoms with Crippen molar-refractivity contribution in [3.05, 3.63) is 47.5 Å². The summed E-state index contributed by atoms with van der Waals surface area (Å²) in [6, 6.07) is 13.3. The number of carbonyl (C=O) groups excluding carboxylic acids is 1. The minimum absolute atomic E-state index is 0.146. The van der Waals surface area contributed by atoms with E-state index in [1.54, 1.807) is 21.6 Å². The maximum absolute atomic E-state index is 13.2. The Kier molecular flexibility index (Phi) is 5.82. The van der Waals surface area contributed by atoms with Crippen molar-refractivity contribution in [1.29, 1.82) is 0 Å². The number of nitrogens with zero attached hydrogens (tertiary/aromatic N) is 2. The highest BCUT2D eigenvalue weighted by Gasteiger charge is 2.31. The Morgan fingerprint density at radius 1 is 1.00 bits per heavy atom. The van der Waals surface area contributed by atoms with Crippen molar-refractivity contribution >= 4 is 64.0 Å². The van der Waals surface area contributed by atoms with Crippen LogP contribution in [-0.2, 0) is 0 Å². The van der Waals surface area contributed by atoms with Gasteiger partial charge in [-0.25, -0.2) is 4.79 Å². The second-order valence-corrected chi connectivity index (χ2v) is 7.44. The predicted molar refractivity (Wildman–Crippen MR) is 103 cm³/mol. The first-order valence-corrected chi connectivity index (χ1v) is 9.69. The summed E-state index contributed by atoms with van der Waals surface area (Å²) in [5, 5.41) is 0.591. The van der Waals surface area contributed by atoms with Crippen LogP contribution in [0.2, 0.25) is 5.02 Å². The Labute approximate surface area is 160 Å². The molecule has 0 N–H and O–H groups in total. The maximum atomic E-state index is 13.2. The van der Waals surface area contributed by atoms with E-state index in [-0.39, 0.29) is 6.03 Å². The summed E-state index contributed by atoms with van der Waals surface area (Å²) in [6.45, 7) is 0.879.